The summed E-state index contributed by atoms with van der Waals surface area (Å²) in [5, 5.41) is 0. The van der Waals surface area contributed by atoms with E-state index in [1.807, 2.05) is 54.6 Å². The molecule has 210 valence electrons. The average molecular weight is 539 g/mol. The van der Waals surface area contributed by atoms with Crippen molar-refractivity contribution in [2.75, 3.05) is 6.79 Å². The van der Waals surface area contributed by atoms with Gasteiger partial charge in [0, 0.05) is 5.56 Å². The van der Waals surface area contributed by atoms with Gasteiger partial charge in [0.15, 0.2) is 5.76 Å². The summed E-state index contributed by atoms with van der Waals surface area (Å²) in [4.78, 5) is 12.8. The van der Waals surface area contributed by atoms with Crippen LogP contribution in [-0.2, 0) is 9.47 Å². The molecule has 3 aromatic rings. The Labute approximate surface area is 239 Å². The Morgan fingerprint density at radius 2 is 1.20 bits per heavy atom. The van der Waals surface area contributed by atoms with Crippen molar-refractivity contribution in [3.63, 3.8) is 0 Å². The Bertz CT molecular complexity index is 1230. The maximum atomic E-state index is 12.8. The Morgan fingerprint density at radius 3 is 1.75 bits per heavy atom. The molecule has 0 heterocycles. The second-order valence-electron chi connectivity index (χ2n) is 11.8. The molecule has 0 radical (unpaired) electrons. The summed E-state index contributed by atoms with van der Waals surface area (Å²) in [6.07, 6.45) is 11.5. The first-order valence-electron chi connectivity index (χ1n) is 15.0. The topological polar surface area (TPSA) is 44.8 Å². The van der Waals surface area contributed by atoms with Crippen LogP contribution in [-0.4, -0.2) is 12.8 Å². The summed E-state index contributed by atoms with van der Waals surface area (Å²) in [5.41, 5.74) is 4.03. The number of rotatable bonds is 9. The third kappa shape index (κ3) is 7.56. The molecule has 0 aliphatic heterocycles. The number of ether oxygens (including phenoxy) is 3. The molecule has 2 aliphatic carbocycles. The molecular weight excluding hydrogens is 496 g/mol. The summed E-state index contributed by atoms with van der Waals surface area (Å²) in [6.45, 7) is 4.69. The van der Waals surface area contributed by atoms with E-state index in [1.54, 1.807) is 0 Å². The summed E-state index contributed by atoms with van der Waals surface area (Å²) in [5.74, 6) is 3.69. The average Bonchev–Trinajstić information content (AvgIpc) is 3.00. The summed E-state index contributed by atoms with van der Waals surface area (Å²) < 4.78 is 17.4. The number of hydrogen-bond donors (Lipinski definition) is 0. The van der Waals surface area contributed by atoms with E-state index < -0.39 is 5.97 Å². The molecule has 3 aromatic carbocycles. The van der Waals surface area contributed by atoms with E-state index in [2.05, 4.69) is 38.1 Å². The predicted octanol–water partition coefficient (Wildman–Crippen LogP) is 9.48. The maximum Gasteiger partial charge on any atom is 0.343 e. The molecule has 0 aromatic heterocycles. The summed E-state index contributed by atoms with van der Waals surface area (Å²) >= 11 is 0. The first-order chi connectivity index (χ1) is 19.5. The highest BCUT2D eigenvalue weighted by Crippen LogP contribution is 2.37. The maximum absolute atomic E-state index is 12.8. The van der Waals surface area contributed by atoms with Crippen LogP contribution in [0.15, 0.2) is 85.1 Å². The minimum absolute atomic E-state index is 0.00721. The van der Waals surface area contributed by atoms with Crippen molar-refractivity contribution in [2.45, 2.75) is 77.0 Å². The molecular formula is C36H42O4. The number of carbonyl (C=O) groups is 1. The smallest absolute Gasteiger partial charge is 0.343 e. The Hall–Kier alpha value is -3.53. The fourth-order valence-corrected chi connectivity index (χ4v) is 6.04. The monoisotopic (exact) mass is 538 g/mol. The third-order valence-corrected chi connectivity index (χ3v) is 8.77. The molecule has 5 rings (SSSR count). The van der Waals surface area contributed by atoms with Crippen molar-refractivity contribution in [3.05, 3.63) is 107 Å². The minimum Gasteiger partial charge on any atom is -0.457 e. The second-order valence-corrected chi connectivity index (χ2v) is 11.8. The van der Waals surface area contributed by atoms with Crippen LogP contribution in [0.1, 0.15) is 104 Å². The molecule has 4 nitrogen and oxygen atoms in total. The SMILES string of the molecule is CC1CCC(c2ccc(OCO/C(=C\OC(=O)c3ccc(C4CCC(C)CC4)cc3)c3ccccc3)cc2)CC1. The highest BCUT2D eigenvalue weighted by molar-refractivity contribution is 5.90. The Balaban J connectivity index is 1.17. The van der Waals surface area contributed by atoms with E-state index in [9.17, 15) is 4.79 Å². The van der Waals surface area contributed by atoms with Crippen LogP contribution < -0.4 is 4.74 Å². The lowest BCUT2D eigenvalue weighted by Crippen LogP contribution is -2.11. The van der Waals surface area contributed by atoms with E-state index in [0.717, 1.165) is 23.1 Å². The van der Waals surface area contributed by atoms with Gasteiger partial charge in [-0.1, -0.05) is 94.1 Å². The van der Waals surface area contributed by atoms with Crippen LogP contribution in [0.5, 0.6) is 5.75 Å². The van der Waals surface area contributed by atoms with Gasteiger partial charge < -0.3 is 14.2 Å². The van der Waals surface area contributed by atoms with E-state index in [0.29, 0.717) is 23.2 Å². The molecule has 2 aliphatic rings. The molecule has 0 amide bonds. The van der Waals surface area contributed by atoms with Gasteiger partial charge in [-0.05, 0) is 84.7 Å². The van der Waals surface area contributed by atoms with Gasteiger partial charge in [-0.15, -0.1) is 0 Å². The van der Waals surface area contributed by atoms with Gasteiger partial charge in [-0.2, -0.15) is 0 Å². The lowest BCUT2D eigenvalue weighted by molar-refractivity contribution is 0.0630. The molecule has 0 unspecified atom stereocenters. The number of carbonyl (C=O) groups excluding carboxylic acids is 1. The van der Waals surface area contributed by atoms with Gasteiger partial charge in [-0.25, -0.2) is 4.79 Å². The fourth-order valence-electron chi connectivity index (χ4n) is 6.04. The zero-order valence-electron chi connectivity index (χ0n) is 23.9. The molecule has 0 atom stereocenters. The molecule has 40 heavy (non-hydrogen) atoms. The van der Waals surface area contributed by atoms with Crippen molar-refractivity contribution >= 4 is 11.7 Å². The molecule has 4 heteroatoms. The molecule has 0 bridgehead atoms. The predicted molar refractivity (Wildman–Crippen MR) is 160 cm³/mol. The fraction of sp³-hybridized carbons (Fsp3) is 0.417. The van der Waals surface area contributed by atoms with Crippen molar-refractivity contribution in [1.29, 1.82) is 0 Å². The van der Waals surface area contributed by atoms with E-state index in [1.165, 1.54) is 68.8 Å². The first kappa shape index (κ1) is 28.0. The van der Waals surface area contributed by atoms with Crippen molar-refractivity contribution in [2.24, 2.45) is 11.8 Å². The summed E-state index contributed by atoms with van der Waals surface area (Å²) in [7, 11) is 0. The van der Waals surface area contributed by atoms with Crippen molar-refractivity contribution in [3.8, 4) is 5.75 Å². The summed E-state index contributed by atoms with van der Waals surface area (Å²) in [6, 6.07) is 25.9. The number of esters is 1. The molecule has 2 saturated carbocycles. The lowest BCUT2D eigenvalue weighted by atomic mass is 9.79. The van der Waals surface area contributed by atoms with Gasteiger partial charge in [0.25, 0.3) is 0 Å². The zero-order valence-corrected chi connectivity index (χ0v) is 23.9. The quantitative estimate of drug-likeness (QED) is 0.155. The van der Waals surface area contributed by atoms with Crippen LogP contribution >= 0.6 is 0 Å². The van der Waals surface area contributed by atoms with Gasteiger partial charge in [0.05, 0.1) is 5.56 Å². The minimum atomic E-state index is -0.408. The molecule has 2 fully saturated rings. The largest absolute Gasteiger partial charge is 0.457 e. The zero-order chi connectivity index (χ0) is 27.7. The normalized spacial score (nSPS) is 23.3. The lowest BCUT2D eigenvalue weighted by Gasteiger charge is -2.26. The number of benzene rings is 3. The first-order valence-corrected chi connectivity index (χ1v) is 15.0. The van der Waals surface area contributed by atoms with Crippen LogP contribution in [0, 0.1) is 11.8 Å². The Kier molecular flexibility index (Phi) is 9.59. The van der Waals surface area contributed by atoms with Crippen LogP contribution in [0.25, 0.3) is 5.76 Å². The number of hydrogen-bond acceptors (Lipinski definition) is 4. The molecule has 0 N–H and O–H groups in total. The van der Waals surface area contributed by atoms with Gasteiger partial charge in [0.2, 0.25) is 6.79 Å². The van der Waals surface area contributed by atoms with Gasteiger partial charge in [0.1, 0.15) is 12.0 Å². The van der Waals surface area contributed by atoms with E-state index in [-0.39, 0.29) is 6.79 Å². The highest BCUT2D eigenvalue weighted by atomic mass is 16.7. The molecule has 0 saturated heterocycles. The van der Waals surface area contributed by atoms with Crippen LogP contribution in [0.3, 0.4) is 0 Å². The van der Waals surface area contributed by atoms with Crippen molar-refractivity contribution < 1.29 is 19.0 Å². The molecule has 0 spiro atoms. The van der Waals surface area contributed by atoms with Crippen LogP contribution in [0.4, 0.5) is 0 Å². The third-order valence-electron chi connectivity index (χ3n) is 8.77. The van der Waals surface area contributed by atoms with E-state index in [4.69, 9.17) is 14.2 Å². The van der Waals surface area contributed by atoms with Gasteiger partial charge >= 0.3 is 5.97 Å². The highest BCUT2D eigenvalue weighted by Gasteiger charge is 2.21. The second kappa shape index (κ2) is 13.7. The van der Waals surface area contributed by atoms with Crippen molar-refractivity contribution in [1.82, 2.24) is 0 Å². The Morgan fingerprint density at radius 1 is 0.675 bits per heavy atom. The standard InChI is InChI=1S/C36H42O4/c1-26-8-12-28(13-9-26)30-16-18-33(19-17-30)36(37)38-24-35(32-6-4-3-5-7-32)40-25-39-34-22-20-31(21-23-34)29-14-10-27(2)11-15-29/h3-7,16-24,26-29H,8-15,25H2,1-2H3/b35-24-. The van der Waals surface area contributed by atoms with Crippen LogP contribution in [0.2, 0.25) is 0 Å². The van der Waals surface area contributed by atoms with E-state index >= 15 is 0 Å². The van der Waals surface area contributed by atoms with Gasteiger partial charge in [-0.3, -0.25) is 0 Å².